The quantitative estimate of drug-likeness (QED) is 0.442. The summed E-state index contributed by atoms with van der Waals surface area (Å²) in [5.74, 6) is 1.14. The summed E-state index contributed by atoms with van der Waals surface area (Å²) >= 11 is 0. The number of rotatable bonds is 6. The van der Waals surface area contributed by atoms with Crippen molar-refractivity contribution in [3.8, 4) is 0 Å². The van der Waals surface area contributed by atoms with Crippen LogP contribution >= 0.6 is 0 Å². The van der Waals surface area contributed by atoms with Crippen LogP contribution in [0.25, 0.3) is 0 Å². The zero-order chi connectivity index (χ0) is 20.9. The highest BCUT2D eigenvalue weighted by molar-refractivity contribution is 7.86. The normalized spacial score (nSPS) is 36.0. The number of benzene rings is 1. The molecule has 4 nitrogen and oxygen atoms in total. The van der Waals surface area contributed by atoms with Gasteiger partial charge in [-0.3, -0.25) is 4.18 Å². The van der Waals surface area contributed by atoms with Crippen molar-refractivity contribution in [2.24, 2.45) is 17.3 Å². The minimum absolute atomic E-state index is 0.0342. The predicted octanol–water partition coefficient (Wildman–Crippen LogP) is 5.63. The summed E-state index contributed by atoms with van der Waals surface area (Å²) in [7, 11) is -3.68. The fraction of sp³-hybridized carbons (Fsp3) is 0.750. The molecule has 3 fully saturated rings. The molecule has 4 atom stereocenters. The molecule has 0 amide bonds. The van der Waals surface area contributed by atoms with E-state index in [4.69, 9.17) is 8.92 Å². The molecule has 1 aromatic rings. The van der Waals surface area contributed by atoms with E-state index in [1.807, 2.05) is 6.92 Å². The van der Waals surface area contributed by atoms with Crippen LogP contribution in [0.3, 0.4) is 0 Å². The predicted molar refractivity (Wildman–Crippen MR) is 114 cm³/mol. The van der Waals surface area contributed by atoms with Gasteiger partial charge in [0.05, 0.1) is 22.7 Å². The van der Waals surface area contributed by atoms with Gasteiger partial charge < -0.3 is 4.74 Å². The lowest BCUT2D eigenvalue weighted by Gasteiger charge is -2.56. The van der Waals surface area contributed by atoms with Gasteiger partial charge in [-0.25, -0.2) is 0 Å². The van der Waals surface area contributed by atoms with Gasteiger partial charge in [0.2, 0.25) is 0 Å². The molecule has 162 valence electrons. The second-order valence-corrected chi connectivity index (χ2v) is 12.0. The van der Waals surface area contributed by atoms with E-state index in [0.717, 1.165) is 18.4 Å². The summed E-state index contributed by atoms with van der Waals surface area (Å²) in [5, 5.41) is 0. The Hall–Kier alpha value is -0.910. The Labute approximate surface area is 176 Å². The molecule has 0 aromatic heterocycles. The van der Waals surface area contributed by atoms with Gasteiger partial charge in [-0.05, 0) is 95.1 Å². The van der Waals surface area contributed by atoms with Gasteiger partial charge in [-0.15, -0.1) is 0 Å². The first-order valence-electron chi connectivity index (χ1n) is 11.2. The first kappa shape index (κ1) is 21.3. The number of fused-ring (bicyclic) bond motifs is 1. The van der Waals surface area contributed by atoms with Crippen LogP contribution in [0.15, 0.2) is 29.2 Å². The molecule has 0 N–H and O–H groups in total. The van der Waals surface area contributed by atoms with Crippen molar-refractivity contribution in [3.05, 3.63) is 29.8 Å². The summed E-state index contributed by atoms with van der Waals surface area (Å²) in [5.41, 5.74) is 1.22. The third kappa shape index (κ3) is 3.68. The molecule has 1 spiro atoms. The monoisotopic (exact) mass is 420 g/mol. The minimum Gasteiger partial charge on any atom is -0.368 e. The highest BCUT2D eigenvalue weighted by Gasteiger charge is 2.65. The molecular formula is C24H36O4S. The zero-order valence-electron chi connectivity index (χ0n) is 18.4. The maximum absolute atomic E-state index is 12.4. The highest BCUT2D eigenvalue weighted by atomic mass is 32.2. The Morgan fingerprint density at radius 3 is 2.55 bits per heavy atom. The summed E-state index contributed by atoms with van der Waals surface area (Å²) in [4.78, 5) is 0.239. The molecule has 2 saturated carbocycles. The molecule has 0 radical (unpaired) electrons. The van der Waals surface area contributed by atoms with Gasteiger partial charge in [0, 0.05) is 0 Å². The molecule has 3 aliphatic rings. The maximum Gasteiger partial charge on any atom is 0.296 e. The van der Waals surface area contributed by atoms with Crippen molar-refractivity contribution in [2.45, 2.75) is 95.2 Å². The summed E-state index contributed by atoms with van der Waals surface area (Å²) in [6.07, 6.45) is 9.12. The Bertz CT molecular complexity index is 844. The van der Waals surface area contributed by atoms with Gasteiger partial charge in [0.15, 0.2) is 0 Å². The average molecular weight is 421 g/mol. The van der Waals surface area contributed by atoms with E-state index in [9.17, 15) is 8.42 Å². The van der Waals surface area contributed by atoms with Crippen LogP contribution in [0.4, 0.5) is 0 Å². The first-order valence-corrected chi connectivity index (χ1v) is 12.7. The van der Waals surface area contributed by atoms with Gasteiger partial charge in [0.1, 0.15) is 0 Å². The maximum atomic E-state index is 12.4. The topological polar surface area (TPSA) is 52.6 Å². The van der Waals surface area contributed by atoms with Gasteiger partial charge in [-0.1, -0.05) is 31.0 Å². The number of aryl methyl sites for hydroxylation is 1. The molecular weight excluding hydrogens is 384 g/mol. The van der Waals surface area contributed by atoms with Crippen LogP contribution in [0.5, 0.6) is 0 Å². The number of ether oxygens (including phenoxy) is 1. The summed E-state index contributed by atoms with van der Waals surface area (Å²) in [6, 6.07) is 6.84. The van der Waals surface area contributed by atoms with Gasteiger partial charge >= 0.3 is 0 Å². The van der Waals surface area contributed by atoms with Gasteiger partial charge in [0.25, 0.3) is 10.1 Å². The third-order valence-corrected chi connectivity index (χ3v) is 9.56. The van der Waals surface area contributed by atoms with Crippen LogP contribution in [0.1, 0.15) is 77.7 Å². The Balaban J connectivity index is 1.40. The molecule has 2 aliphatic carbocycles. The molecule has 0 unspecified atom stereocenters. The van der Waals surface area contributed by atoms with Crippen LogP contribution in [0.2, 0.25) is 0 Å². The number of hydrogen-bond donors (Lipinski definition) is 0. The van der Waals surface area contributed by atoms with Crippen molar-refractivity contribution in [1.82, 2.24) is 0 Å². The standard InChI is InChI=1S/C24H36O4S/c1-18-9-11-21(12-10-18)29(25,26)27-16-6-8-19-7-5-14-23(4)15-13-20-17-24(19,23)28-22(20,2)3/h9-12,19-20H,5-8,13-17H2,1-4H3/t19-,20-,23+,24+/m1/s1. The van der Waals surface area contributed by atoms with E-state index in [-0.39, 0.29) is 28.1 Å². The van der Waals surface area contributed by atoms with Crippen molar-refractivity contribution < 1.29 is 17.3 Å². The van der Waals surface area contributed by atoms with Crippen LogP contribution in [0, 0.1) is 24.2 Å². The molecule has 1 aromatic carbocycles. The van der Waals surface area contributed by atoms with Crippen molar-refractivity contribution >= 4 is 10.1 Å². The fourth-order valence-electron chi connectivity index (χ4n) is 6.43. The largest absolute Gasteiger partial charge is 0.368 e. The van der Waals surface area contributed by atoms with Crippen molar-refractivity contribution in [1.29, 1.82) is 0 Å². The molecule has 1 aliphatic heterocycles. The lowest BCUT2D eigenvalue weighted by Crippen LogP contribution is -2.56. The zero-order valence-corrected chi connectivity index (χ0v) is 19.2. The molecule has 2 bridgehead atoms. The lowest BCUT2D eigenvalue weighted by atomic mass is 9.52. The highest BCUT2D eigenvalue weighted by Crippen LogP contribution is 2.66. The average Bonchev–Trinajstić information content (AvgIpc) is 2.89. The second kappa shape index (κ2) is 7.35. The van der Waals surface area contributed by atoms with E-state index in [2.05, 4.69) is 20.8 Å². The van der Waals surface area contributed by atoms with E-state index in [1.54, 1.807) is 24.3 Å². The minimum atomic E-state index is -3.68. The Kier molecular flexibility index (Phi) is 5.40. The van der Waals surface area contributed by atoms with E-state index in [1.165, 1.54) is 38.5 Å². The Morgan fingerprint density at radius 1 is 1.10 bits per heavy atom. The lowest BCUT2D eigenvalue weighted by molar-refractivity contribution is -0.198. The summed E-state index contributed by atoms with van der Waals surface area (Å²) in [6.45, 7) is 9.15. The van der Waals surface area contributed by atoms with E-state index < -0.39 is 10.1 Å². The van der Waals surface area contributed by atoms with Crippen LogP contribution in [-0.2, 0) is 19.0 Å². The third-order valence-electron chi connectivity index (χ3n) is 8.23. The molecule has 4 rings (SSSR count). The molecule has 1 heterocycles. The van der Waals surface area contributed by atoms with Crippen molar-refractivity contribution in [3.63, 3.8) is 0 Å². The van der Waals surface area contributed by atoms with E-state index >= 15 is 0 Å². The SMILES string of the molecule is Cc1ccc(S(=O)(=O)OCCC[C@H]2CCC[C@@]3(C)CC[C@@H]4C[C@]23OC4(C)C)cc1. The van der Waals surface area contributed by atoms with Crippen LogP contribution in [-0.4, -0.2) is 26.2 Å². The summed E-state index contributed by atoms with van der Waals surface area (Å²) < 4.78 is 37.1. The molecule has 1 saturated heterocycles. The second-order valence-electron chi connectivity index (χ2n) is 10.4. The van der Waals surface area contributed by atoms with E-state index in [0.29, 0.717) is 11.8 Å². The fourth-order valence-corrected chi connectivity index (χ4v) is 7.37. The molecule has 5 heteroatoms. The molecule has 29 heavy (non-hydrogen) atoms. The first-order chi connectivity index (χ1) is 13.6. The van der Waals surface area contributed by atoms with Crippen molar-refractivity contribution in [2.75, 3.05) is 6.61 Å². The van der Waals surface area contributed by atoms with Gasteiger partial charge in [-0.2, -0.15) is 8.42 Å². The van der Waals surface area contributed by atoms with Crippen LogP contribution < -0.4 is 0 Å². The number of hydrogen-bond acceptors (Lipinski definition) is 4. The smallest absolute Gasteiger partial charge is 0.296 e. The Morgan fingerprint density at radius 2 is 1.83 bits per heavy atom.